The predicted octanol–water partition coefficient (Wildman–Crippen LogP) is 3.86. The van der Waals surface area contributed by atoms with Gasteiger partial charge in [-0.1, -0.05) is 66.4 Å². The van der Waals surface area contributed by atoms with E-state index in [1.807, 2.05) is 78.9 Å². The number of aromatic nitrogens is 2. The van der Waals surface area contributed by atoms with E-state index in [2.05, 4.69) is 10.3 Å². The fourth-order valence-electron chi connectivity index (χ4n) is 3.31. The number of hydrogen-bond acceptors (Lipinski definition) is 5. The van der Waals surface area contributed by atoms with Gasteiger partial charge < -0.3 is 10.1 Å². The number of benzene rings is 3. The molecule has 162 valence electrons. The molecule has 0 saturated carbocycles. The molecule has 0 fully saturated rings. The lowest BCUT2D eigenvalue weighted by Crippen LogP contribution is -2.27. The highest BCUT2D eigenvalue weighted by Gasteiger charge is 2.13. The lowest BCUT2D eigenvalue weighted by molar-refractivity contribution is -0.118. The summed E-state index contributed by atoms with van der Waals surface area (Å²) in [6, 6.07) is 24.9. The molecule has 0 atom stereocenters. The molecule has 0 aliphatic carbocycles. The Hall–Kier alpha value is -3.58. The molecular formula is C25H23N3O3S. The monoisotopic (exact) mass is 445 g/mol. The molecule has 1 heterocycles. The van der Waals surface area contributed by atoms with Crippen molar-refractivity contribution in [3.8, 4) is 5.75 Å². The summed E-state index contributed by atoms with van der Waals surface area (Å²) in [5, 5.41) is 3.20. The highest BCUT2D eigenvalue weighted by Crippen LogP contribution is 2.18. The first-order valence-electron chi connectivity index (χ1n) is 10.2. The number of carbonyl (C=O) groups is 1. The summed E-state index contributed by atoms with van der Waals surface area (Å²) >= 11 is 1.16. The molecule has 4 aromatic rings. The maximum absolute atomic E-state index is 13.2. The quantitative estimate of drug-likeness (QED) is 0.417. The molecule has 6 nitrogen and oxygen atoms in total. The van der Waals surface area contributed by atoms with Crippen molar-refractivity contribution in [1.29, 1.82) is 0 Å². The van der Waals surface area contributed by atoms with E-state index in [1.54, 1.807) is 11.7 Å². The van der Waals surface area contributed by atoms with Crippen molar-refractivity contribution in [2.75, 3.05) is 12.9 Å². The number of carbonyl (C=O) groups excluding carboxylic acids is 1. The highest BCUT2D eigenvalue weighted by molar-refractivity contribution is 7.99. The third kappa shape index (κ3) is 5.18. The van der Waals surface area contributed by atoms with E-state index in [0.717, 1.165) is 39.7 Å². The maximum atomic E-state index is 13.2. The zero-order chi connectivity index (χ0) is 22.3. The van der Waals surface area contributed by atoms with Gasteiger partial charge in [-0.15, -0.1) is 0 Å². The molecular weight excluding hydrogens is 422 g/mol. The zero-order valence-corrected chi connectivity index (χ0v) is 18.5. The van der Waals surface area contributed by atoms with Gasteiger partial charge in [0.1, 0.15) is 5.75 Å². The van der Waals surface area contributed by atoms with Crippen LogP contribution in [-0.2, 0) is 17.9 Å². The summed E-state index contributed by atoms with van der Waals surface area (Å²) in [4.78, 5) is 30.1. The van der Waals surface area contributed by atoms with Crippen molar-refractivity contribution in [2.24, 2.45) is 0 Å². The second kappa shape index (κ2) is 10.2. The fourth-order valence-corrected chi connectivity index (χ4v) is 4.08. The summed E-state index contributed by atoms with van der Waals surface area (Å²) in [7, 11) is 1.61. The molecule has 0 saturated heterocycles. The molecule has 1 aromatic heterocycles. The van der Waals surface area contributed by atoms with Crippen LogP contribution in [0, 0.1) is 0 Å². The topological polar surface area (TPSA) is 73.2 Å². The van der Waals surface area contributed by atoms with E-state index in [9.17, 15) is 9.59 Å². The Balaban J connectivity index is 1.48. The van der Waals surface area contributed by atoms with Crippen LogP contribution in [0.4, 0.5) is 0 Å². The molecule has 0 aliphatic heterocycles. The summed E-state index contributed by atoms with van der Waals surface area (Å²) in [6.45, 7) is 0.854. The number of amides is 1. The molecule has 1 amide bonds. The number of fused-ring (bicyclic) bond motifs is 1. The van der Waals surface area contributed by atoms with Crippen LogP contribution >= 0.6 is 11.8 Å². The smallest absolute Gasteiger partial charge is 0.283 e. The van der Waals surface area contributed by atoms with Crippen LogP contribution in [0.25, 0.3) is 11.0 Å². The highest BCUT2D eigenvalue weighted by atomic mass is 32.2. The van der Waals surface area contributed by atoms with E-state index in [1.165, 1.54) is 0 Å². The minimum Gasteiger partial charge on any atom is -0.497 e. The first-order chi connectivity index (χ1) is 15.6. The van der Waals surface area contributed by atoms with Crippen LogP contribution in [0.1, 0.15) is 11.1 Å². The average Bonchev–Trinajstić information content (AvgIpc) is 2.84. The second-order valence-electron chi connectivity index (χ2n) is 7.20. The molecule has 0 bridgehead atoms. The first-order valence-corrected chi connectivity index (χ1v) is 11.2. The van der Waals surface area contributed by atoms with Crippen LogP contribution in [-0.4, -0.2) is 28.3 Å². The van der Waals surface area contributed by atoms with Crippen LogP contribution in [0.2, 0.25) is 0 Å². The maximum Gasteiger partial charge on any atom is 0.283 e. The number of methoxy groups -OCH3 is 1. The number of thioether (sulfide) groups is 1. The van der Waals surface area contributed by atoms with Crippen molar-refractivity contribution in [3.63, 3.8) is 0 Å². The van der Waals surface area contributed by atoms with Crippen LogP contribution < -0.4 is 15.6 Å². The van der Waals surface area contributed by atoms with E-state index < -0.39 is 0 Å². The molecule has 0 unspecified atom stereocenters. The average molecular weight is 446 g/mol. The van der Waals surface area contributed by atoms with Crippen molar-refractivity contribution in [2.45, 2.75) is 18.1 Å². The van der Waals surface area contributed by atoms with E-state index >= 15 is 0 Å². The van der Waals surface area contributed by atoms with Gasteiger partial charge in [0.2, 0.25) is 5.91 Å². The van der Waals surface area contributed by atoms with Crippen molar-refractivity contribution >= 4 is 28.7 Å². The number of para-hydroxylation sites is 2. The summed E-state index contributed by atoms with van der Waals surface area (Å²) in [5.41, 5.74) is 3.30. The standard InChI is InChI=1S/C25H23N3O3S/c1-31-20-13-11-18(12-14-20)15-26-23(29)17-32-24-25(30)28(16-19-7-3-2-4-8-19)22-10-6-5-9-21(22)27-24/h2-14H,15-17H2,1H3,(H,26,29). The molecule has 7 heteroatoms. The fraction of sp³-hybridized carbons (Fsp3) is 0.160. The Morgan fingerprint density at radius 1 is 0.969 bits per heavy atom. The van der Waals surface area contributed by atoms with Crippen molar-refractivity contribution in [3.05, 3.63) is 100 Å². The van der Waals surface area contributed by atoms with Gasteiger partial charge in [-0.05, 0) is 35.4 Å². The third-order valence-corrected chi connectivity index (χ3v) is 5.94. The molecule has 0 aliphatic rings. The lowest BCUT2D eigenvalue weighted by Gasteiger charge is -2.12. The van der Waals surface area contributed by atoms with Gasteiger partial charge in [0.05, 0.1) is 30.4 Å². The Bertz CT molecular complexity index is 1270. The Kier molecular flexibility index (Phi) is 6.87. The summed E-state index contributed by atoms with van der Waals surface area (Å²) < 4.78 is 6.86. The zero-order valence-electron chi connectivity index (χ0n) is 17.7. The van der Waals surface area contributed by atoms with Crippen LogP contribution in [0.3, 0.4) is 0 Å². The van der Waals surface area contributed by atoms with Gasteiger partial charge >= 0.3 is 0 Å². The van der Waals surface area contributed by atoms with Crippen LogP contribution in [0.15, 0.2) is 88.7 Å². The van der Waals surface area contributed by atoms with Gasteiger partial charge in [-0.2, -0.15) is 0 Å². The van der Waals surface area contributed by atoms with E-state index in [0.29, 0.717) is 18.1 Å². The normalized spacial score (nSPS) is 10.8. The minimum atomic E-state index is -0.194. The molecule has 0 radical (unpaired) electrons. The molecule has 0 spiro atoms. The number of ether oxygens (including phenoxy) is 1. The van der Waals surface area contributed by atoms with E-state index in [4.69, 9.17) is 4.74 Å². The first kappa shape index (κ1) is 21.6. The van der Waals surface area contributed by atoms with Crippen molar-refractivity contribution < 1.29 is 9.53 Å². The number of nitrogens with one attached hydrogen (secondary N) is 1. The number of nitrogens with zero attached hydrogens (tertiary/aromatic N) is 2. The largest absolute Gasteiger partial charge is 0.497 e. The predicted molar refractivity (Wildman–Crippen MR) is 127 cm³/mol. The minimum absolute atomic E-state index is 0.113. The molecule has 32 heavy (non-hydrogen) atoms. The second-order valence-corrected chi connectivity index (χ2v) is 8.16. The van der Waals surface area contributed by atoms with Crippen molar-refractivity contribution in [1.82, 2.24) is 14.9 Å². The van der Waals surface area contributed by atoms with E-state index in [-0.39, 0.29) is 17.2 Å². The molecule has 4 rings (SSSR count). The van der Waals surface area contributed by atoms with Gasteiger partial charge in [0.25, 0.3) is 5.56 Å². The van der Waals surface area contributed by atoms with Gasteiger partial charge in [-0.3, -0.25) is 14.2 Å². The van der Waals surface area contributed by atoms with Gasteiger partial charge in [0, 0.05) is 6.54 Å². The SMILES string of the molecule is COc1ccc(CNC(=O)CSc2nc3ccccc3n(Cc3ccccc3)c2=O)cc1. The van der Waals surface area contributed by atoms with Crippen LogP contribution in [0.5, 0.6) is 5.75 Å². The van der Waals surface area contributed by atoms with Gasteiger partial charge in [0.15, 0.2) is 5.03 Å². The lowest BCUT2D eigenvalue weighted by atomic mass is 10.2. The molecule has 1 N–H and O–H groups in total. The van der Waals surface area contributed by atoms with Gasteiger partial charge in [-0.25, -0.2) is 4.98 Å². The molecule has 3 aromatic carbocycles. The number of rotatable bonds is 8. The summed E-state index contributed by atoms with van der Waals surface area (Å²) in [5.74, 6) is 0.724. The Morgan fingerprint density at radius 2 is 1.69 bits per heavy atom. The number of hydrogen-bond donors (Lipinski definition) is 1. The Morgan fingerprint density at radius 3 is 2.44 bits per heavy atom. The third-order valence-electron chi connectivity index (χ3n) is 4.99. The summed E-state index contributed by atoms with van der Waals surface area (Å²) in [6.07, 6.45) is 0. The Labute approximate surface area is 190 Å².